The van der Waals surface area contributed by atoms with Gasteiger partial charge in [-0.25, -0.2) is 4.99 Å². The van der Waals surface area contributed by atoms with Crippen LogP contribution in [0.3, 0.4) is 0 Å². The van der Waals surface area contributed by atoms with Crippen molar-refractivity contribution in [1.29, 1.82) is 0 Å². The Kier molecular flexibility index (Phi) is 4.82. The van der Waals surface area contributed by atoms with Gasteiger partial charge < -0.3 is 15.8 Å². The van der Waals surface area contributed by atoms with Crippen LogP contribution in [-0.2, 0) is 6.54 Å². The predicted molar refractivity (Wildman–Crippen MR) is 76.3 cm³/mol. The second-order valence-corrected chi connectivity index (χ2v) is 4.26. The number of anilines is 1. The Morgan fingerprint density at radius 2 is 1.95 bits per heavy atom. The summed E-state index contributed by atoms with van der Waals surface area (Å²) in [6.45, 7) is 0.349. The molecule has 0 aliphatic rings. The zero-order valence-electron chi connectivity index (χ0n) is 11.3. The maximum Gasteiger partial charge on any atom is 0.573 e. The molecule has 8 heteroatoms. The molecule has 0 aliphatic carbocycles. The molecule has 0 fully saturated rings. The van der Waals surface area contributed by atoms with Crippen molar-refractivity contribution in [2.24, 2.45) is 10.7 Å². The first-order valence-corrected chi connectivity index (χ1v) is 6.24. The van der Waals surface area contributed by atoms with Gasteiger partial charge >= 0.3 is 6.36 Å². The molecule has 116 valence electrons. The van der Waals surface area contributed by atoms with E-state index in [1.54, 1.807) is 18.5 Å². The fraction of sp³-hybridized carbons (Fsp3) is 0.143. The molecule has 1 heterocycles. The molecule has 1 aromatic carbocycles. The SMILES string of the molecule is NC(=NCc1cccnc1)Nc1ccc(OC(F)(F)F)cc1. The highest BCUT2D eigenvalue weighted by molar-refractivity contribution is 5.92. The van der Waals surface area contributed by atoms with E-state index in [-0.39, 0.29) is 11.7 Å². The van der Waals surface area contributed by atoms with Crippen molar-refractivity contribution in [1.82, 2.24) is 4.98 Å². The lowest BCUT2D eigenvalue weighted by molar-refractivity contribution is -0.274. The normalized spacial score (nSPS) is 12.0. The highest BCUT2D eigenvalue weighted by Crippen LogP contribution is 2.23. The van der Waals surface area contributed by atoms with Gasteiger partial charge in [0, 0.05) is 18.1 Å². The molecule has 0 spiro atoms. The second kappa shape index (κ2) is 6.79. The van der Waals surface area contributed by atoms with Crippen molar-refractivity contribution in [3.8, 4) is 5.75 Å². The highest BCUT2D eigenvalue weighted by Gasteiger charge is 2.30. The molecule has 5 nitrogen and oxygen atoms in total. The first-order chi connectivity index (χ1) is 10.4. The molecule has 2 aromatic rings. The van der Waals surface area contributed by atoms with Crippen LogP contribution in [0.25, 0.3) is 0 Å². The van der Waals surface area contributed by atoms with Crippen LogP contribution < -0.4 is 15.8 Å². The van der Waals surface area contributed by atoms with Gasteiger partial charge in [-0.2, -0.15) is 0 Å². The smallest absolute Gasteiger partial charge is 0.406 e. The third-order valence-electron chi connectivity index (χ3n) is 2.52. The first-order valence-electron chi connectivity index (χ1n) is 6.24. The average Bonchev–Trinajstić information content (AvgIpc) is 2.47. The number of halogens is 3. The van der Waals surface area contributed by atoms with Gasteiger partial charge in [-0.1, -0.05) is 6.07 Å². The monoisotopic (exact) mass is 310 g/mol. The molecule has 2 rings (SSSR count). The van der Waals surface area contributed by atoms with Gasteiger partial charge in [0.15, 0.2) is 5.96 Å². The third kappa shape index (κ3) is 5.31. The van der Waals surface area contributed by atoms with Gasteiger partial charge in [0.1, 0.15) is 5.75 Å². The van der Waals surface area contributed by atoms with E-state index in [0.29, 0.717) is 12.2 Å². The summed E-state index contributed by atoms with van der Waals surface area (Å²) < 4.78 is 39.9. The van der Waals surface area contributed by atoms with Crippen molar-refractivity contribution < 1.29 is 17.9 Å². The summed E-state index contributed by atoms with van der Waals surface area (Å²) in [5.41, 5.74) is 7.09. The van der Waals surface area contributed by atoms with E-state index in [1.807, 2.05) is 6.07 Å². The minimum absolute atomic E-state index is 0.147. The number of rotatable bonds is 4. The molecular formula is C14H13F3N4O. The van der Waals surface area contributed by atoms with Crippen LogP contribution in [-0.4, -0.2) is 17.3 Å². The molecule has 0 aliphatic heterocycles. The van der Waals surface area contributed by atoms with Crippen LogP contribution in [0.1, 0.15) is 5.56 Å². The number of aliphatic imine (C=N–C) groups is 1. The van der Waals surface area contributed by atoms with Crippen LogP contribution in [0.4, 0.5) is 18.9 Å². The Morgan fingerprint density at radius 3 is 2.55 bits per heavy atom. The lowest BCUT2D eigenvalue weighted by Gasteiger charge is -2.10. The van der Waals surface area contributed by atoms with Crippen LogP contribution in [0.2, 0.25) is 0 Å². The number of alkyl halides is 3. The Bertz CT molecular complexity index is 627. The number of ether oxygens (including phenoxy) is 1. The molecule has 0 atom stereocenters. The van der Waals surface area contributed by atoms with Gasteiger partial charge in [-0.3, -0.25) is 4.98 Å². The molecular weight excluding hydrogens is 297 g/mol. The molecule has 0 amide bonds. The van der Waals surface area contributed by atoms with Gasteiger partial charge in [0.2, 0.25) is 0 Å². The van der Waals surface area contributed by atoms with E-state index >= 15 is 0 Å². The third-order valence-corrected chi connectivity index (χ3v) is 2.52. The maximum atomic E-state index is 12.0. The standard InChI is InChI=1S/C14H13F3N4O/c15-14(16,17)22-12-5-3-11(4-6-12)21-13(18)20-9-10-2-1-7-19-8-10/h1-8H,9H2,(H3,18,20,21). The van der Waals surface area contributed by atoms with Crippen LogP contribution in [0.15, 0.2) is 53.8 Å². The van der Waals surface area contributed by atoms with E-state index in [1.165, 1.54) is 24.3 Å². The average molecular weight is 310 g/mol. The van der Waals surface area contributed by atoms with Crippen LogP contribution in [0, 0.1) is 0 Å². The number of nitrogens with one attached hydrogen (secondary N) is 1. The van der Waals surface area contributed by atoms with Gasteiger partial charge in [-0.15, -0.1) is 13.2 Å². The van der Waals surface area contributed by atoms with Crippen LogP contribution >= 0.6 is 0 Å². The number of guanidine groups is 1. The summed E-state index contributed by atoms with van der Waals surface area (Å²) in [6.07, 6.45) is -1.39. The molecule has 3 N–H and O–H groups in total. The number of benzene rings is 1. The van der Waals surface area contributed by atoms with Crippen molar-refractivity contribution in [3.05, 3.63) is 54.4 Å². The van der Waals surface area contributed by atoms with Crippen LogP contribution in [0.5, 0.6) is 5.75 Å². The van der Waals surface area contributed by atoms with E-state index in [4.69, 9.17) is 5.73 Å². The minimum atomic E-state index is -4.71. The van der Waals surface area contributed by atoms with Gasteiger partial charge in [0.25, 0.3) is 0 Å². The number of pyridine rings is 1. The summed E-state index contributed by atoms with van der Waals surface area (Å²) in [7, 11) is 0. The fourth-order valence-electron chi connectivity index (χ4n) is 1.60. The van der Waals surface area contributed by atoms with E-state index < -0.39 is 6.36 Å². The van der Waals surface area contributed by atoms with E-state index in [0.717, 1.165) is 5.56 Å². The molecule has 0 bridgehead atoms. The number of hydrogen-bond acceptors (Lipinski definition) is 3. The van der Waals surface area contributed by atoms with Gasteiger partial charge in [-0.05, 0) is 35.9 Å². The van der Waals surface area contributed by atoms with Crippen molar-refractivity contribution >= 4 is 11.6 Å². The Hall–Kier alpha value is -2.77. The molecule has 0 radical (unpaired) electrons. The first kappa shape index (κ1) is 15.6. The molecule has 1 aromatic heterocycles. The zero-order valence-corrected chi connectivity index (χ0v) is 11.3. The second-order valence-electron chi connectivity index (χ2n) is 4.26. The molecule has 0 saturated heterocycles. The maximum absolute atomic E-state index is 12.0. The van der Waals surface area contributed by atoms with Crippen molar-refractivity contribution in [2.75, 3.05) is 5.32 Å². The predicted octanol–water partition coefficient (Wildman–Crippen LogP) is 2.91. The number of aromatic nitrogens is 1. The fourth-order valence-corrected chi connectivity index (χ4v) is 1.60. The molecule has 0 saturated carbocycles. The highest BCUT2D eigenvalue weighted by atomic mass is 19.4. The number of nitrogens with two attached hydrogens (primary N) is 1. The number of hydrogen-bond donors (Lipinski definition) is 2. The molecule has 0 unspecified atom stereocenters. The Labute approximate surface area is 124 Å². The quantitative estimate of drug-likeness (QED) is 0.673. The lowest BCUT2D eigenvalue weighted by Crippen LogP contribution is -2.22. The van der Waals surface area contributed by atoms with E-state index in [9.17, 15) is 13.2 Å². The Morgan fingerprint density at radius 1 is 1.23 bits per heavy atom. The lowest BCUT2D eigenvalue weighted by atomic mass is 10.3. The Balaban J connectivity index is 1.92. The van der Waals surface area contributed by atoms with Crippen molar-refractivity contribution in [2.45, 2.75) is 12.9 Å². The summed E-state index contributed by atoms with van der Waals surface area (Å²) in [5.74, 6) is -0.155. The van der Waals surface area contributed by atoms with E-state index in [2.05, 4.69) is 20.0 Å². The topological polar surface area (TPSA) is 72.5 Å². The summed E-state index contributed by atoms with van der Waals surface area (Å²) >= 11 is 0. The summed E-state index contributed by atoms with van der Waals surface area (Å²) in [4.78, 5) is 8.05. The largest absolute Gasteiger partial charge is 0.573 e. The number of nitrogens with zero attached hydrogens (tertiary/aromatic N) is 2. The van der Waals surface area contributed by atoms with Gasteiger partial charge in [0.05, 0.1) is 6.54 Å². The molecule has 22 heavy (non-hydrogen) atoms. The zero-order chi connectivity index (χ0) is 16.0. The minimum Gasteiger partial charge on any atom is -0.406 e. The van der Waals surface area contributed by atoms with Crippen molar-refractivity contribution in [3.63, 3.8) is 0 Å². The summed E-state index contributed by atoms with van der Waals surface area (Å²) in [5, 5.41) is 2.77. The summed E-state index contributed by atoms with van der Waals surface area (Å²) in [6, 6.07) is 8.83.